The topological polar surface area (TPSA) is 123 Å². The van der Waals surface area contributed by atoms with Crippen LogP contribution in [0, 0.1) is 0 Å². The van der Waals surface area contributed by atoms with Crippen molar-refractivity contribution in [2.75, 3.05) is 13.2 Å². The lowest BCUT2D eigenvalue weighted by atomic mass is 10.1. The van der Waals surface area contributed by atoms with Crippen LogP contribution in [-0.2, 0) is 18.3 Å². The van der Waals surface area contributed by atoms with E-state index in [1.807, 2.05) is 6.92 Å². The highest BCUT2D eigenvalue weighted by atomic mass is 16.5. The highest BCUT2D eigenvalue weighted by Crippen LogP contribution is 2.40. The van der Waals surface area contributed by atoms with Crippen molar-refractivity contribution in [3.8, 4) is 5.75 Å². The summed E-state index contributed by atoms with van der Waals surface area (Å²) in [5, 5.41) is 0.532. The van der Waals surface area contributed by atoms with Gasteiger partial charge in [-0.25, -0.2) is 19.4 Å². The highest BCUT2D eigenvalue weighted by Gasteiger charge is 2.29. The monoisotopic (exact) mass is 491 g/mol. The second-order valence-electron chi connectivity index (χ2n) is 8.70. The second kappa shape index (κ2) is 9.10. The van der Waals surface area contributed by atoms with Gasteiger partial charge in [0, 0.05) is 30.1 Å². The number of pyridine rings is 1. The van der Waals surface area contributed by atoms with E-state index in [1.165, 1.54) is 17.7 Å². The Morgan fingerprint density at radius 1 is 1.11 bits per heavy atom. The molecule has 0 saturated heterocycles. The van der Waals surface area contributed by atoms with Gasteiger partial charge in [0.1, 0.15) is 17.0 Å². The summed E-state index contributed by atoms with van der Waals surface area (Å²) >= 11 is 0. The molecule has 10 nitrogen and oxygen atoms in total. The van der Waals surface area contributed by atoms with Gasteiger partial charge in [0.2, 0.25) is 0 Å². The SMILES string of the molecule is CCOC(=O)c1cc(C2CC2)nc2c1c(=O)n(Cc1cc(=O)oc3ccc(OCC)cc13)c(=O)n2C. The average molecular weight is 492 g/mol. The van der Waals surface area contributed by atoms with E-state index in [2.05, 4.69) is 4.98 Å². The van der Waals surface area contributed by atoms with E-state index in [0.29, 0.717) is 34.6 Å². The van der Waals surface area contributed by atoms with Crippen molar-refractivity contribution in [3.05, 3.63) is 78.4 Å². The van der Waals surface area contributed by atoms with Gasteiger partial charge in [0.05, 0.1) is 30.7 Å². The minimum Gasteiger partial charge on any atom is -0.494 e. The van der Waals surface area contributed by atoms with Gasteiger partial charge in [0.25, 0.3) is 5.56 Å². The molecule has 3 heterocycles. The molecule has 0 atom stereocenters. The third-order valence-electron chi connectivity index (χ3n) is 6.24. The number of nitrogens with zero attached hydrogens (tertiary/aromatic N) is 3. The Morgan fingerprint density at radius 3 is 2.58 bits per heavy atom. The van der Waals surface area contributed by atoms with Crippen LogP contribution in [0.4, 0.5) is 0 Å². The average Bonchev–Trinajstić information content (AvgIpc) is 3.70. The fraction of sp³-hybridized carbons (Fsp3) is 0.346. The summed E-state index contributed by atoms with van der Waals surface area (Å²) in [5.41, 5.74) is -0.350. The van der Waals surface area contributed by atoms with Crippen LogP contribution >= 0.6 is 0 Å². The fourth-order valence-electron chi connectivity index (χ4n) is 4.36. The molecule has 1 saturated carbocycles. The number of hydrogen-bond donors (Lipinski definition) is 0. The number of hydrogen-bond acceptors (Lipinski definition) is 8. The van der Waals surface area contributed by atoms with Crippen molar-refractivity contribution >= 4 is 28.0 Å². The first-order valence-corrected chi connectivity index (χ1v) is 11.8. The Bertz CT molecular complexity index is 1690. The minimum absolute atomic E-state index is 0.00206. The zero-order chi connectivity index (χ0) is 25.6. The summed E-state index contributed by atoms with van der Waals surface area (Å²) in [7, 11) is 1.50. The van der Waals surface area contributed by atoms with Crippen molar-refractivity contribution < 1.29 is 18.7 Å². The zero-order valence-electron chi connectivity index (χ0n) is 20.2. The lowest BCUT2D eigenvalue weighted by Crippen LogP contribution is -2.40. The van der Waals surface area contributed by atoms with Crippen molar-refractivity contribution in [1.82, 2.24) is 14.1 Å². The molecule has 0 amide bonds. The van der Waals surface area contributed by atoms with Gasteiger partial charge in [-0.05, 0) is 56.5 Å². The fourth-order valence-corrected chi connectivity index (χ4v) is 4.36. The summed E-state index contributed by atoms with van der Waals surface area (Å²) in [6.07, 6.45) is 1.86. The molecule has 0 N–H and O–H groups in total. The molecule has 5 rings (SSSR count). The van der Waals surface area contributed by atoms with Gasteiger partial charge in [-0.15, -0.1) is 0 Å². The third kappa shape index (κ3) is 4.08. The van der Waals surface area contributed by atoms with Gasteiger partial charge in [-0.3, -0.25) is 13.9 Å². The molecular weight excluding hydrogens is 466 g/mol. The van der Waals surface area contributed by atoms with Crippen molar-refractivity contribution in [3.63, 3.8) is 0 Å². The van der Waals surface area contributed by atoms with E-state index in [9.17, 15) is 19.2 Å². The second-order valence-corrected chi connectivity index (χ2v) is 8.70. The van der Waals surface area contributed by atoms with Crippen LogP contribution < -0.4 is 21.6 Å². The van der Waals surface area contributed by atoms with Crippen molar-refractivity contribution in [1.29, 1.82) is 0 Å². The Balaban J connectivity index is 1.75. The Hall–Kier alpha value is -4.21. The van der Waals surface area contributed by atoms with Gasteiger partial charge < -0.3 is 13.9 Å². The van der Waals surface area contributed by atoms with Crippen LogP contribution in [0.3, 0.4) is 0 Å². The van der Waals surface area contributed by atoms with Gasteiger partial charge >= 0.3 is 17.3 Å². The normalized spacial score (nSPS) is 13.3. The number of rotatable bonds is 7. The highest BCUT2D eigenvalue weighted by molar-refractivity contribution is 6.02. The van der Waals surface area contributed by atoms with Crippen LogP contribution in [0.2, 0.25) is 0 Å². The molecule has 36 heavy (non-hydrogen) atoms. The number of esters is 1. The standard InChI is InChI=1S/C26H25N3O7/c1-4-34-16-8-9-20-17(11-16)15(10-21(30)36-20)13-29-24(31)22-18(25(32)35-5-2)12-19(14-6-7-14)27-23(22)28(3)26(29)33/h8-12,14H,4-7,13H2,1-3H3. The Labute approximate surface area is 204 Å². The molecule has 0 unspecified atom stereocenters. The summed E-state index contributed by atoms with van der Waals surface area (Å²) in [5.74, 6) is 0.0936. The molecule has 0 spiro atoms. The smallest absolute Gasteiger partial charge is 0.339 e. The molecular formula is C26H25N3O7. The molecule has 0 aliphatic heterocycles. The van der Waals surface area contributed by atoms with Gasteiger partial charge in [0.15, 0.2) is 0 Å². The number of carbonyl (C=O) groups is 1. The van der Waals surface area contributed by atoms with Crippen LogP contribution in [-0.4, -0.2) is 33.3 Å². The summed E-state index contributed by atoms with van der Waals surface area (Å²) in [4.78, 5) is 56.7. The number of carbonyl (C=O) groups excluding carboxylic acids is 1. The number of aryl methyl sites for hydroxylation is 1. The number of ether oxygens (including phenoxy) is 2. The molecule has 1 aliphatic carbocycles. The molecule has 4 aromatic rings. The first-order chi connectivity index (χ1) is 17.3. The first kappa shape index (κ1) is 23.5. The van der Waals surface area contributed by atoms with E-state index >= 15 is 0 Å². The van der Waals surface area contributed by atoms with E-state index < -0.39 is 22.8 Å². The molecule has 186 valence electrons. The third-order valence-corrected chi connectivity index (χ3v) is 6.24. The van der Waals surface area contributed by atoms with Crippen molar-refractivity contribution in [2.45, 2.75) is 39.2 Å². The Kier molecular flexibility index (Phi) is 5.95. The largest absolute Gasteiger partial charge is 0.494 e. The molecule has 0 radical (unpaired) electrons. The molecule has 1 aliphatic rings. The van der Waals surface area contributed by atoms with Crippen molar-refractivity contribution in [2.24, 2.45) is 7.05 Å². The molecule has 3 aromatic heterocycles. The maximum atomic E-state index is 13.7. The summed E-state index contributed by atoms with van der Waals surface area (Å²) in [6, 6.07) is 7.81. The zero-order valence-corrected chi connectivity index (χ0v) is 20.2. The van der Waals surface area contributed by atoms with E-state index in [4.69, 9.17) is 13.9 Å². The number of fused-ring (bicyclic) bond motifs is 2. The van der Waals surface area contributed by atoms with Crippen LogP contribution in [0.15, 0.2) is 49.1 Å². The van der Waals surface area contributed by atoms with Crippen LogP contribution in [0.25, 0.3) is 22.0 Å². The van der Waals surface area contributed by atoms with E-state index in [-0.39, 0.29) is 35.7 Å². The van der Waals surface area contributed by atoms with E-state index in [0.717, 1.165) is 17.4 Å². The molecule has 10 heteroatoms. The predicted octanol–water partition coefficient (Wildman–Crippen LogP) is 2.70. The van der Waals surface area contributed by atoms with Crippen LogP contribution in [0.5, 0.6) is 5.75 Å². The predicted molar refractivity (Wildman–Crippen MR) is 132 cm³/mol. The Morgan fingerprint density at radius 2 is 1.89 bits per heavy atom. The molecule has 1 fully saturated rings. The van der Waals surface area contributed by atoms with Gasteiger partial charge in [-0.1, -0.05) is 0 Å². The molecule has 1 aromatic carbocycles. The van der Waals surface area contributed by atoms with E-state index in [1.54, 1.807) is 31.2 Å². The minimum atomic E-state index is -0.687. The maximum absolute atomic E-state index is 13.7. The molecule has 0 bridgehead atoms. The number of aromatic nitrogens is 3. The maximum Gasteiger partial charge on any atom is 0.339 e. The quantitative estimate of drug-likeness (QED) is 0.286. The summed E-state index contributed by atoms with van der Waals surface area (Å²) < 4.78 is 18.3. The lowest BCUT2D eigenvalue weighted by molar-refractivity contribution is 0.0528. The number of benzene rings is 1. The summed E-state index contributed by atoms with van der Waals surface area (Å²) in [6.45, 7) is 3.88. The lowest BCUT2D eigenvalue weighted by Gasteiger charge is -2.15. The van der Waals surface area contributed by atoms with Crippen LogP contribution in [0.1, 0.15) is 54.2 Å². The van der Waals surface area contributed by atoms with Gasteiger partial charge in [-0.2, -0.15) is 0 Å². The first-order valence-electron chi connectivity index (χ1n) is 11.8.